The van der Waals surface area contributed by atoms with Gasteiger partial charge in [-0.15, -0.1) is 0 Å². The third kappa shape index (κ3) is 5.14. The van der Waals surface area contributed by atoms with Crippen molar-refractivity contribution in [1.82, 2.24) is 4.98 Å². The summed E-state index contributed by atoms with van der Waals surface area (Å²) < 4.78 is 0. The molecular weight excluding hydrogens is 264 g/mol. The second-order valence-corrected chi connectivity index (χ2v) is 4.92. The molecule has 0 atom stereocenters. The van der Waals surface area contributed by atoms with Gasteiger partial charge in [0.25, 0.3) is 5.69 Å². The van der Waals surface area contributed by atoms with Crippen molar-refractivity contribution in [1.29, 1.82) is 5.26 Å². The van der Waals surface area contributed by atoms with Crippen molar-refractivity contribution in [2.24, 2.45) is 0 Å². The van der Waals surface area contributed by atoms with E-state index in [1.54, 1.807) is 0 Å². The largest absolute Gasteiger partial charge is 0.369 e. The molecule has 1 aromatic rings. The van der Waals surface area contributed by atoms with Crippen molar-refractivity contribution in [3.05, 3.63) is 27.9 Å². The Morgan fingerprint density at radius 2 is 2.32 bits per heavy atom. The summed E-state index contributed by atoms with van der Waals surface area (Å²) in [6.45, 7) is 0.716. The van der Waals surface area contributed by atoms with E-state index in [0.29, 0.717) is 12.4 Å². The van der Waals surface area contributed by atoms with Gasteiger partial charge in [0.1, 0.15) is 23.6 Å². The molecule has 1 heterocycles. The van der Waals surface area contributed by atoms with Crippen molar-refractivity contribution in [3.8, 4) is 6.07 Å². The molecule has 0 radical (unpaired) electrons. The van der Waals surface area contributed by atoms with Crippen LogP contribution in [0.4, 0.5) is 11.5 Å². The van der Waals surface area contributed by atoms with Gasteiger partial charge in [0.15, 0.2) is 0 Å². The molecule has 0 saturated heterocycles. The molecule has 0 fully saturated rings. The average molecular weight is 280 g/mol. The van der Waals surface area contributed by atoms with Crippen LogP contribution < -0.4 is 5.32 Å². The van der Waals surface area contributed by atoms with Crippen LogP contribution in [-0.2, 0) is 0 Å². The van der Waals surface area contributed by atoms with E-state index in [9.17, 15) is 10.1 Å². The zero-order valence-corrected chi connectivity index (χ0v) is 11.6. The van der Waals surface area contributed by atoms with E-state index in [1.165, 1.54) is 12.5 Å². The van der Waals surface area contributed by atoms with Crippen molar-refractivity contribution in [2.45, 2.75) is 19.3 Å². The fourth-order valence-corrected chi connectivity index (χ4v) is 2.03. The van der Waals surface area contributed by atoms with Gasteiger partial charge in [-0.05, 0) is 24.9 Å². The lowest BCUT2D eigenvalue weighted by molar-refractivity contribution is -0.385. The Morgan fingerprint density at radius 3 is 2.95 bits per heavy atom. The van der Waals surface area contributed by atoms with Crippen LogP contribution in [0.1, 0.15) is 24.8 Å². The van der Waals surface area contributed by atoms with Crippen molar-refractivity contribution < 1.29 is 4.92 Å². The number of pyridine rings is 1. The van der Waals surface area contributed by atoms with E-state index >= 15 is 0 Å². The highest BCUT2D eigenvalue weighted by atomic mass is 32.2. The van der Waals surface area contributed by atoms with E-state index in [-0.39, 0.29) is 11.3 Å². The summed E-state index contributed by atoms with van der Waals surface area (Å²) in [5.74, 6) is 1.57. The van der Waals surface area contributed by atoms with Crippen LogP contribution in [0.5, 0.6) is 0 Å². The minimum Gasteiger partial charge on any atom is -0.369 e. The van der Waals surface area contributed by atoms with Gasteiger partial charge in [0, 0.05) is 12.6 Å². The molecule has 0 aromatic carbocycles. The molecule has 1 N–H and O–H groups in total. The Labute approximate surface area is 116 Å². The van der Waals surface area contributed by atoms with E-state index in [2.05, 4.69) is 16.6 Å². The maximum Gasteiger partial charge on any atom is 0.289 e. The average Bonchev–Trinajstić information content (AvgIpc) is 2.42. The first-order valence-electron chi connectivity index (χ1n) is 5.96. The summed E-state index contributed by atoms with van der Waals surface area (Å²) in [7, 11) is 0. The van der Waals surface area contributed by atoms with Crippen LogP contribution in [-0.4, -0.2) is 28.5 Å². The lowest BCUT2D eigenvalue weighted by Crippen LogP contribution is -2.06. The van der Waals surface area contributed by atoms with Gasteiger partial charge >= 0.3 is 0 Å². The van der Waals surface area contributed by atoms with E-state index < -0.39 is 4.92 Å². The molecule has 19 heavy (non-hydrogen) atoms. The van der Waals surface area contributed by atoms with Crippen LogP contribution in [0.3, 0.4) is 0 Å². The minimum atomic E-state index is -0.556. The van der Waals surface area contributed by atoms with Crippen LogP contribution >= 0.6 is 11.8 Å². The molecule has 0 aliphatic heterocycles. The number of nitrogens with zero attached hydrogens (tertiary/aromatic N) is 3. The number of nitrogens with one attached hydrogen (secondary N) is 1. The van der Waals surface area contributed by atoms with Crippen LogP contribution in [0.15, 0.2) is 12.3 Å². The van der Waals surface area contributed by atoms with Gasteiger partial charge in [-0.2, -0.15) is 17.0 Å². The van der Waals surface area contributed by atoms with Crippen molar-refractivity contribution in [3.63, 3.8) is 0 Å². The lowest BCUT2D eigenvalue weighted by Gasteiger charge is -2.06. The zero-order valence-electron chi connectivity index (χ0n) is 10.8. The quantitative estimate of drug-likeness (QED) is 0.447. The number of nitro groups is 1. The molecular formula is C12H16N4O2S. The Balaban J connectivity index is 2.50. The highest BCUT2D eigenvalue weighted by Crippen LogP contribution is 2.18. The number of hydrogen-bond acceptors (Lipinski definition) is 6. The Morgan fingerprint density at radius 1 is 1.53 bits per heavy atom. The highest BCUT2D eigenvalue weighted by molar-refractivity contribution is 7.98. The predicted octanol–water partition coefficient (Wildman–Crippen LogP) is 2.81. The summed E-state index contributed by atoms with van der Waals surface area (Å²) in [5.41, 5.74) is 0.0420. The second-order valence-electron chi connectivity index (χ2n) is 3.94. The van der Waals surface area contributed by atoms with Crippen molar-refractivity contribution in [2.75, 3.05) is 23.9 Å². The number of unbranched alkanes of at least 4 members (excludes halogenated alkanes) is 2. The fraction of sp³-hybridized carbons (Fsp3) is 0.500. The van der Waals surface area contributed by atoms with E-state index in [1.807, 2.05) is 17.8 Å². The number of nitriles is 1. The number of anilines is 1. The third-order valence-electron chi connectivity index (χ3n) is 2.52. The van der Waals surface area contributed by atoms with E-state index in [0.717, 1.165) is 24.8 Å². The maximum absolute atomic E-state index is 10.6. The smallest absolute Gasteiger partial charge is 0.289 e. The van der Waals surface area contributed by atoms with Gasteiger partial charge in [-0.1, -0.05) is 6.42 Å². The fourth-order valence-electron chi connectivity index (χ4n) is 1.53. The van der Waals surface area contributed by atoms with Gasteiger partial charge in [-0.3, -0.25) is 10.1 Å². The van der Waals surface area contributed by atoms with Gasteiger partial charge in [0.05, 0.1) is 4.92 Å². The molecule has 7 heteroatoms. The summed E-state index contributed by atoms with van der Waals surface area (Å²) in [6.07, 6.45) is 6.52. The van der Waals surface area contributed by atoms with Crippen molar-refractivity contribution >= 4 is 23.3 Å². The summed E-state index contributed by atoms with van der Waals surface area (Å²) in [5, 5.41) is 22.6. The van der Waals surface area contributed by atoms with Gasteiger partial charge in [0.2, 0.25) is 0 Å². The molecule has 1 rings (SSSR count). The normalized spacial score (nSPS) is 9.89. The summed E-state index contributed by atoms with van der Waals surface area (Å²) in [6, 6.07) is 3.16. The molecule has 0 amide bonds. The monoisotopic (exact) mass is 280 g/mol. The highest BCUT2D eigenvalue weighted by Gasteiger charge is 2.11. The Kier molecular flexibility index (Phi) is 6.68. The molecule has 0 spiro atoms. The first kappa shape index (κ1) is 15.2. The molecule has 0 aliphatic carbocycles. The third-order valence-corrected chi connectivity index (χ3v) is 3.22. The van der Waals surface area contributed by atoms with Crippen LogP contribution in [0, 0.1) is 21.4 Å². The lowest BCUT2D eigenvalue weighted by atomic mass is 10.2. The predicted molar refractivity (Wildman–Crippen MR) is 76.3 cm³/mol. The Bertz CT molecular complexity index is 473. The Hall–Kier alpha value is -1.81. The number of rotatable bonds is 8. The standard InChI is InChI=1S/C12H16N4O2S/c1-19-6-4-2-3-5-14-12-10(8-13)7-11(9-15-12)16(17)18/h7,9H,2-6H2,1H3,(H,14,15). The molecule has 1 aromatic heterocycles. The summed E-state index contributed by atoms with van der Waals surface area (Å²) >= 11 is 1.83. The van der Waals surface area contributed by atoms with Gasteiger partial charge < -0.3 is 5.32 Å². The first-order valence-corrected chi connectivity index (χ1v) is 7.35. The topological polar surface area (TPSA) is 91.8 Å². The molecule has 6 nitrogen and oxygen atoms in total. The molecule has 102 valence electrons. The minimum absolute atomic E-state index is 0.165. The number of hydrogen-bond donors (Lipinski definition) is 1. The second kappa shape index (κ2) is 8.32. The van der Waals surface area contributed by atoms with Crippen LogP contribution in [0.25, 0.3) is 0 Å². The zero-order chi connectivity index (χ0) is 14.1. The summed E-state index contributed by atoms with van der Waals surface area (Å²) in [4.78, 5) is 13.9. The first-order chi connectivity index (χ1) is 9.19. The maximum atomic E-state index is 10.6. The van der Waals surface area contributed by atoms with Crippen LogP contribution in [0.2, 0.25) is 0 Å². The number of thioether (sulfide) groups is 1. The molecule has 0 aliphatic rings. The molecule has 0 saturated carbocycles. The molecule has 0 bridgehead atoms. The van der Waals surface area contributed by atoms with E-state index in [4.69, 9.17) is 5.26 Å². The van der Waals surface area contributed by atoms with Gasteiger partial charge in [-0.25, -0.2) is 4.98 Å². The number of aromatic nitrogens is 1. The molecule has 0 unspecified atom stereocenters. The SMILES string of the molecule is CSCCCCCNc1ncc([N+](=O)[O-])cc1C#N.